The van der Waals surface area contributed by atoms with Gasteiger partial charge >= 0.3 is 5.97 Å². The molecule has 0 bridgehead atoms. The summed E-state index contributed by atoms with van der Waals surface area (Å²) in [5.74, 6) is -0.592. The number of hydrogen-bond donors (Lipinski definition) is 2. The lowest BCUT2D eigenvalue weighted by Gasteiger charge is -2.09. The predicted octanol–water partition coefficient (Wildman–Crippen LogP) is 1.65. The van der Waals surface area contributed by atoms with Gasteiger partial charge in [-0.15, -0.1) is 0 Å². The largest absolute Gasteiger partial charge is 0.465 e. The van der Waals surface area contributed by atoms with Gasteiger partial charge in [-0.05, 0) is 18.2 Å². The van der Waals surface area contributed by atoms with Crippen molar-refractivity contribution in [2.45, 2.75) is 4.90 Å². The maximum absolute atomic E-state index is 12.0. The fourth-order valence-corrected chi connectivity index (χ4v) is 2.63. The quantitative estimate of drug-likeness (QED) is 0.835. The van der Waals surface area contributed by atoms with E-state index in [-0.39, 0.29) is 21.2 Å². The van der Waals surface area contributed by atoms with Crippen LogP contribution in [0.25, 0.3) is 0 Å². The number of ether oxygens (including phenoxy) is 1. The lowest BCUT2D eigenvalue weighted by atomic mass is 10.2. The van der Waals surface area contributed by atoms with E-state index in [1.807, 2.05) is 0 Å². The highest BCUT2D eigenvalue weighted by Crippen LogP contribution is 2.26. The molecule has 1 aromatic carbocycles. The summed E-state index contributed by atoms with van der Waals surface area (Å²) in [4.78, 5) is 11.4. The SMILES string of the molecule is COC(=O)c1ccc(Cl)c(NS(=O)(=O)c2cn[nH]c2)c1. The van der Waals surface area contributed by atoms with E-state index in [0.29, 0.717) is 0 Å². The first-order valence-corrected chi connectivity index (χ1v) is 7.19. The highest BCUT2D eigenvalue weighted by molar-refractivity contribution is 7.92. The molecule has 2 aromatic rings. The Hall–Kier alpha value is -2.06. The summed E-state index contributed by atoms with van der Waals surface area (Å²) < 4.78 is 30.9. The number of benzene rings is 1. The number of aromatic nitrogens is 2. The molecule has 0 spiro atoms. The van der Waals surface area contributed by atoms with Crippen molar-refractivity contribution in [2.24, 2.45) is 0 Å². The minimum absolute atomic E-state index is 0.0444. The molecule has 1 aromatic heterocycles. The van der Waals surface area contributed by atoms with Gasteiger partial charge in [-0.1, -0.05) is 11.6 Å². The molecule has 0 saturated carbocycles. The van der Waals surface area contributed by atoms with Gasteiger partial charge in [0.1, 0.15) is 4.90 Å². The number of methoxy groups -OCH3 is 1. The smallest absolute Gasteiger partial charge is 0.337 e. The van der Waals surface area contributed by atoms with Crippen LogP contribution in [0.15, 0.2) is 35.5 Å². The van der Waals surface area contributed by atoms with Gasteiger partial charge in [-0.3, -0.25) is 9.82 Å². The van der Waals surface area contributed by atoms with Crippen molar-refractivity contribution in [1.82, 2.24) is 10.2 Å². The van der Waals surface area contributed by atoms with Gasteiger partial charge in [0.05, 0.1) is 29.6 Å². The number of hydrogen-bond acceptors (Lipinski definition) is 5. The number of nitrogens with one attached hydrogen (secondary N) is 2. The number of nitrogens with zero attached hydrogens (tertiary/aromatic N) is 1. The van der Waals surface area contributed by atoms with Gasteiger partial charge in [-0.2, -0.15) is 5.10 Å². The summed E-state index contributed by atoms with van der Waals surface area (Å²) in [7, 11) is -2.59. The second-order valence-electron chi connectivity index (χ2n) is 3.73. The minimum atomic E-state index is -3.82. The summed E-state index contributed by atoms with van der Waals surface area (Å²) in [5, 5.41) is 6.12. The van der Waals surface area contributed by atoms with E-state index in [4.69, 9.17) is 11.6 Å². The van der Waals surface area contributed by atoms with Gasteiger partial charge in [0.15, 0.2) is 0 Å². The number of esters is 1. The van der Waals surface area contributed by atoms with E-state index in [1.165, 1.54) is 31.5 Å². The number of rotatable bonds is 4. The Morgan fingerprint density at radius 1 is 1.45 bits per heavy atom. The first kappa shape index (κ1) is 14.4. The number of halogens is 1. The van der Waals surface area contributed by atoms with Gasteiger partial charge < -0.3 is 4.74 Å². The Morgan fingerprint density at radius 2 is 2.20 bits per heavy atom. The predicted molar refractivity (Wildman–Crippen MR) is 72.2 cm³/mol. The van der Waals surface area contributed by atoms with E-state index in [0.717, 1.165) is 6.20 Å². The zero-order valence-electron chi connectivity index (χ0n) is 10.3. The van der Waals surface area contributed by atoms with Crippen molar-refractivity contribution >= 4 is 33.3 Å². The molecule has 0 atom stereocenters. The van der Waals surface area contributed by atoms with Crippen LogP contribution < -0.4 is 4.72 Å². The molecule has 0 fully saturated rings. The summed E-state index contributed by atoms with van der Waals surface area (Å²) in [6.07, 6.45) is 2.38. The molecule has 1 heterocycles. The van der Waals surface area contributed by atoms with Crippen LogP contribution in [0.3, 0.4) is 0 Å². The van der Waals surface area contributed by atoms with Gasteiger partial charge in [0, 0.05) is 6.20 Å². The third kappa shape index (κ3) is 2.91. The zero-order chi connectivity index (χ0) is 14.8. The van der Waals surface area contributed by atoms with E-state index >= 15 is 0 Å². The lowest BCUT2D eigenvalue weighted by molar-refractivity contribution is 0.0601. The maximum Gasteiger partial charge on any atom is 0.337 e. The van der Waals surface area contributed by atoms with Crippen LogP contribution >= 0.6 is 11.6 Å². The normalized spacial score (nSPS) is 11.1. The molecule has 2 rings (SSSR count). The number of carbonyl (C=O) groups is 1. The van der Waals surface area contributed by atoms with Crippen LogP contribution in [-0.4, -0.2) is 31.7 Å². The average Bonchev–Trinajstić information content (AvgIpc) is 2.95. The molecule has 0 aliphatic rings. The minimum Gasteiger partial charge on any atom is -0.465 e. The Bertz CT molecular complexity index is 728. The Balaban J connectivity index is 2.36. The van der Waals surface area contributed by atoms with E-state index in [9.17, 15) is 13.2 Å². The van der Waals surface area contributed by atoms with Gasteiger partial charge in [-0.25, -0.2) is 13.2 Å². The monoisotopic (exact) mass is 315 g/mol. The van der Waals surface area contributed by atoms with Crippen LogP contribution in [0.4, 0.5) is 5.69 Å². The second-order valence-corrected chi connectivity index (χ2v) is 5.82. The van der Waals surface area contributed by atoms with Gasteiger partial charge in [0.2, 0.25) is 0 Å². The molecule has 20 heavy (non-hydrogen) atoms. The highest BCUT2D eigenvalue weighted by atomic mass is 35.5. The number of H-pyrrole nitrogens is 1. The van der Waals surface area contributed by atoms with Crippen LogP contribution in [0.2, 0.25) is 5.02 Å². The average molecular weight is 316 g/mol. The summed E-state index contributed by atoms with van der Waals surface area (Å²) >= 11 is 5.91. The molecule has 0 amide bonds. The number of anilines is 1. The topological polar surface area (TPSA) is 101 Å². The standard InChI is InChI=1S/C11H10ClN3O4S/c1-19-11(16)7-2-3-9(12)10(4-7)15-20(17,18)8-5-13-14-6-8/h2-6,15H,1H3,(H,13,14). The molecule has 7 nitrogen and oxygen atoms in total. The molecule has 0 saturated heterocycles. The highest BCUT2D eigenvalue weighted by Gasteiger charge is 2.18. The van der Waals surface area contributed by atoms with Crippen molar-refractivity contribution < 1.29 is 17.9 Å². The molecular formula is C11H10ClN3O4S. The molecule has 0 radical (unpaired) electrons. The van der Waals surface area contributed by atoms with E-state index < -0.39 is 16.0 Å². The van der Waals surface area contributed by atoms with Crippen molar-refractivity contribution in [3.63, 3.8) is 0 Å². The van der Waals surface area contributed by atoms with Crippen LogP contribution in [0, 0.1) is 0 Å². The third-order valence-electron chi connectivity index (χ3n) is 2.42. The Kier molecular flexibility index (Phi) is 3.96. The maximum atomic E-state index is 12.0. The Morgan fingerprint density at radius 3 is 2.80 bits per heavy atom. The van der Waals surface area contributed by atoms with E-state index in [1.54, 1.807) is 0 Å². The molecule has 0 aliphatic heterocycles. The Labute approximate surface area is 120 Å². The summed E-state index contributed by atoms with van der Waals surface area (Å²) in [6, 6.07) is 4.14. The van der Waals surface area contributed by atoms with Crippen molar-refractivity contribution in [2.75, 3.05) is 11.8 Å². The van der Waals surface area contributed by atoms with Crippen LogP contribution in [-0.2, 0) is 14.8 Å². The summed E-state index contributed by atoms with van der Waals surface area (Å²) in [6.45, 7) is 0. The number of aromatic amines is 1. The molecular weight excluding hydrogens is 306 g/mol. The van der Waals surface area contributed by atoms with Crippen molar-refractivity contribution in [1.29, 1.82) is 0 Å². The first-order valence-electron chi connectivity index (χ1n) is 5.33. The van der Waals surface area contributed by atoms with Gasteiger partial charge in [0.25, 0.3) is 10.0 Å². The molecule has 106 valence electrons. The molecule has 9 heteroatoms. The zero-order valence-corrected chi connectivity index (χ0v) is 11.8. The number of carbonyl (C=O) groups excluding carboxylic acids is 1. The van der Waals surface area contributed by atoms with E-state index in [2.05, 4.69) is 19.7 Å². The lowest BCUT2D eigenvalue weighted by Crippen LogP contribution is -2.13. The molecule has 0 unspecified atom stereocenters. The van der Waals surface area contributed by atoms with Crippen molar-refractivity contribution in [3.05, 3.63) is 41.2 Å². The second kappa shape index (κ2) is 5.51. The van der Waals surface area contributed by atoms with Crippen LogP contribution in [0.1, 0.15) is 10.4 Å². The molecule has 0 aliphatic carbocycles. The van der Waals surface area contributed by atoms with Crippen LogP contribution in [0.5, 0.6) is 0 Å². The fraction of sp³-hybridized carbons (Fsp3) is 0.0909. The van der Waals surface area contributed by atoms with Crippen molar-refractivity contribution in [3.8, 4) is 0 Å². The molecule has 2 N–H and O–H groups in total. The first-order chi connectivity index (χ1) is 9.44. The third-order valence-corrected chi connectivity index (χ3v) is 4.08. The summed E-state index contributed by atoms with van der Waals surface area (Å²) in [5.41, 5.74) is 0.262. The number of sulfonamides is 1. The fourth-order valence-electron chi connectivity index (χ4n) is 1.44.